The van der Waals surface area contributed by atoms with Crippen LogP contribution in [0, 0.1) is 6.92 Å². The number of aryl methyl sites for hydroxylation is 2. The molecule has 4 rings (SSSR count). The van der Waals surface area contributed by atoms with Gasteiger partial charge in [0, 0.05) is 26.1 Å². The highest BCUT2D eigenvalue weighted by Gasteiger charge is 2.43. The molecule has 1 fully saturated rings. The summed E-state index contributed by atoms with van der Waals surface area (Å²) in [7, 11) is -2.58. The molecule has 1 aliphatic rings. The minimum Gasteiger partial charge on any atom is -0.347 e. The lowest BCUT2D eigenvalue weighted by Crippen LogP contribution is -2.40. The number of halogens is 5. The van der Waals surface area contributed by atoms with Gasteiger partial charge in [-0.1, -0.05) is 59.6 Å². The van der Waals surface area contributed by atoms with Crippen molar-refractivity contribution in [2.75, 3.05) is 13.1 Å². The van der Waals surface area contributed by atoms with Gasteiger partial charge in [-0.2, -0.15) is 22.6 Å². The molecule has 192 valence electrons. The average molecular weight is 561 g/mol. The summed E-state index contributed by atoms with van der Waals surface area (Å²) in [4.78, 5) is 12.9. The van der Waals surface area contributed by atoms with Crippen molar-refractivity contribution in [1.82, 2.24) is 19.4 Å². The Hall–Kier alpha value is -2.60. The Balaban J connectivity index is 1.68. The van der Waals surface area contributed by atoms with E-state index >= 15 is 0 Å². The summed E-state index contributed by atoms with van der Waals surface area (Å²) in [6.07, 6.45) is -4.74. The van der Waals surface area contributed by atoms with Crippen LogP contribution in [0.25, 0.3) is 0 Å². The quantitative estimate of drug-likeness (QED) is 0.492. The lowest BCUT2D eigenvalue weighted by Gasteiger charge is -2.21. The molecule has 3 aromatic rings. The number of nitrogens with zero attached hydrogens (tertiary/aromatic N) is 3. The maximum atomic E-state index is 13.5. The molecule has 2 unspecified atom stereocenters. The van der Waals surface area contributed by atoms with Gasteiger partial charge in [-0.3, -0.25) is 9.48 Å². The van der Waals surface area contributed by atoms with Gasteiger partial charge >= 0.3 is 6.18 Å². The smallest absolute Gasteiger partial charge is 0.347 e. The maximum Gasteiger partial charge on any atom is 0.417 e. The summed E-state index contributed by atoms with van der Waals surface area (Å²) in [5.41, 5.74) is -0.508. The van der Waals surface area contributed by atoms with Gasteiger partial charge in [0.25, 0.3) is 5.91 Å². The Morgan fingerprint density at radius 3 is 2.33 bits per heavy atom. The third kappa shape index (κ3) is 4.84. The van der Waals surface area contributed by atoms with E-state index in [2.05, 4.69) is 10.4 Å². The summed E-state index contributed by atoms with van der Waals surface area (Å²) >= 11 is 12.2. The number of hydrogen-bond acceptors (Lipinski definition) is 4. The van der Waals surface area contributed by atoms with E-state index in [1.165, 1.54) is 29.0 Å². The highest BCUT2D eigenvalue weighted by atomic mass is 35.5. The second kappa shape index (κ2) is 9.70. The lowest BCUT2D eigenvalue weighted by molar-refractivity contribution is -0.137. The molecule has 0 bridgehead atoms. The van der Waals surface area contributed by atoms with Gasteiger partial charge in [0.2, 0.25) is 10.0 Å². The summed E-state index contributed by atoms with van der Waals surface area (Å²) in [5, 5.41) is 6.00. The van der Waals surface area contributed by atoms with E-state index < -0.39 is 44.7 Å². The molecule has 13 heteroatoms. The van der Waals surface area contributed by atoms with E-state index in [9.17, 15) is 26.4 Å². The number of alkyl halides is 3. The molecule has 1 amide bonds. The van der Waals surface area contributed by atoms with Crippen LogP contribution >= 0.6 is 23.2 Å². The van der Waals surface area contributed by atoms with E-state index in [1.807, 2.05) is 0 Å². The van der Waals surface area contributed by atoms with E-state index in [4.69, 9.17) is 23.2 Å². The van der Waals surface area contributed by atoms with E-state index in [1.54, 1.807) is 30.3 Å². The first-order chi connectivity index (χ1) is 16.8. The number of aromatic nitrogens is 2. The molecule has 7 nitrogen and oxygen atoms in total. The molecule has 0 radical (unpaired) electrons. The van der Waals surface area contributed by atoms with Crippen molar-refractivity contribution in [1.29, 1.82) is 0 Å². The van der Waals surface area contributed by atoms with Crippen LogP contribution in [0.4, 0.5) is 13.2 Å². The van der Waals surface area contributed by atoms with Crippen molar-refractivity contribution in [2.24, 2.45) is 7.05 Å². The number of benzene rings is 2. The van der Waals surface area contributed by atoms with Gasteiger partial charge in [0.15, 0.2) is 0 Å². The second-order valence-corrected chi connectivity index (χ2v) is 11.0. The zero-order valence-electron chi connectivity index (χ0n) is 19.1. The molecule has 2 aromatic carbocycles. The molecule has 1 saturated heterocycles. The minimum absolute atomic E-state index is 0.0122. The fraction of sp³-hybridized carbons (Fsp3) is 0.304. The van der Waals surface area contributed by atoms with E-state index in [-0.39, 0.29) is 34.4 Å². The highest BCUT2D eigenvalue weighted by Crippen LogP contribution is 2.37. The van der Waals surface area contributed by atoms with Crippen LogP contribution in [0.2, 0.25) is 10.2 Å². The molecule has 2 atom stereocenters. The standard InChI is InChI=1S/C23H21Cl2F3N4O3S/c1-13-20(21(25)31(2)30-13)36(34,35)32-11-16(14-7-4-3-5-8-14)18(12-32)29-22(33)15-9-6-10-17(19(15)24)23(26,27)28/h3-10,16,18H,11-12H2,1-2H3,(H,29,33). The molecule has 36 heavy (non-hydrogen) atoms. The fourth-order valence-electron chi connectivity index (χ4n) is 4.35. The van der Waals surface area contributed by atoms with Crippen molar-refractivity contribution >= 4 is 39.1 Å². The number of rotatable bonds is 5. The summed E-state index contributed by atoms with van der Waals surface area (Å²) in [5.74, 6) is -1.32. The second-order valence-electron chi connectivity index (χ2n) is 8.41. The lowest BCUT2D eigenvalue weighted by atomic mass is 9.94. The first-order valence-corrected chi connectivity index (χ1v) is 12.9. The SMILES string of the molecule is Cc1nn(C)c(Cl)c1S(=O)(=O)N1CC(NC(=O)c2cccc(C(F)(F)F)c2Cl)C(c2ccccc2)C1. The van der Waals surface area contributed by atoms with Crippen molar-refractivity contribution in [3.63, 3.8) is 0 Å². The van der Waals surface area contributed by atoms with E-state index in [0.29, 0.717) is 0 Å². The highest BCUT2D eigenvalue weighted by molar-refractivity contribution is 7.89. The van der Waals surface area contributed by atoms with Crippen LogP contribution in [0.1, 0.15) is 33.1 Å². The normalized spacial score (nSPS) is 19.0. The number of sulfonamides is 1. The topological polar surface area (TPSA) is 84.3 Å². The number of carbonyl (C=O) groups is 1. The maximum absolute atomic E-state index is 13.5. The Labute approximate surface area is 215 Å². The van der Waals surface area contributed by atoms with Crippen molar-refractivity contribution in [2.45, 2.75) is 30.0 Å². The fourth-order valence-corrected chi connectivity index (χ4v) is 6.87. The molecule has 0 spiro atoms. The van der Waals surface area contributed by atoms with Gasteiger partial charge in [-0.25, -0.2) is 8.42 Å². The third-order valence-electron chi connectivity index (χ3n) is 6.08. The third-order valence-corrected chi connectivity index (χ3v) is 9.01. The summed E-state index contributed by atoms with van der Waals surface area (Å²) in [6, 6.07) is 11.2. The molecular formula is C23H21Cl2F3N4O3S. The van der Waals surface area contributed by atoms with Crippen molar-refractivity contribution in [3.05, 3.63) is 81.1 Å². The molecule has 2 heterocycles. The Kier molecular flexibility index (Phi) is 7.13. The van der Waals surface area contributed by atoms with Gasteiger partial charge in [0.05, 0.1) is 27.9 Å². The van der Waals surface area contributed by atoms with Gasteiger partial charge in [-0.15, -0.1) is 0 Å². The summed E-state index contributed by atoms with van der Waals surface area (Å²) in [6.45, 7) is 1.41. The number of amides is 1. The zero-order chi connectivity index (χ0) is 26.4. The monoisotopic (exact) mass is 560 g/mol. The Morgan fingerprint density at radius 1 is 1.08 bits per heavy atom. The van der Waals surface area contributed by atoms with Crippen LogP contribution in [-0.2, 0) is 23.2 Å². The number of hydrogen-bond donors (Lipinski definition) is 1. The molecule has 1 N–H and O–H groups in total. The molecular weight excluding hydrogens is 540 g/mol. The first-order valence-electron chi connectivity index (χ1n) is 10.7. The predicted octanol–water partition coefficient (Wildman–Crippen LogP) is 4.64. The molecule has 0 saturated carbocycles. The molecule has 0 aliphatic carbocycles. The van der Waals surface area contributed by atoms with Crippen LogP contribution in [0.15, 0.2) is 53.4 Å². The van der Waals surface area contributed by atoms with Crippen LogP contribution in [-0.4, -0.2) is 47.5 Å². The predicted molar refractivity (Wildman–Crippen MR) is 129 cm³/mol. The largest absolute Gasteiger partial charge is 0.417 e. The molecule has 1 aliphatic heterocycles. The molecule has 1 aromatic heterocycles. The van der Waals surface area contributed by atoms with Gasteiger partial charge in [0.1, 0.15) is 10.0 Å². The van der Waals surface area contributed by atoms with Crippen LogP contribution in [0.3, 0.4) is 0 Å². The number of carbonyl (C=O) groups excluding carboxylic acids is 1. The van der Waals surface area contributed by atoms with Crippen LogP contribution < -0.4 is 5.32 Å². The van der Waals surface area contributed by atoms with Crippen molar-refractivity contribution in [3.8, 4) is 0 Å². The average Bonchev–Trinajstić information content (AvgIpc) is 3.34. The van der Waals surface area contributed by atoms with Gasteiger partial charge in [-0.05, 0) is 24.6 Å². The van der Waals surface area contributed by atoms with E-state index in [0.717, 1.165) is 17.7 Å². The minimum atomic E-state index is -4.74. The Bertz CT molecular complexity index is 1410. The van der Waals surface area contributed by atoms with Crippen LogP contribution in [0.5, 0.6) is 0 Å². The van der Waals surface area contributed by atoms with Gasteiger partial charge < -0.3 is 5.32 Å². The zero-order valence-corrected chi connectivity index (χ0v) is 21.4. The van der Waals surface area contributed by atoms with Crippen molar-refractivity contribution < 1.29 is 26.4 Å². The summed E-state index contributed by atoms with van der Waals surface area (Å²) < 4.78 is 69.3. The Morgan fingerprint density at radius 2 is 1.75 bits per heavy atom. The number of nitrogens with one attached hydrogen (secondary N) is 1. The first kappa shape index (κ1) is 26.5.